The van der Waals surface area contributed by atoms with Crippen LogP contribution in [0.2, 0.25) is 0 Å². The maximum Gasteiger partial charge on any atom is 0.574 e. The van der Waals surface area contributed by atoms with E-state index in [0.717, 1.165) is 23.1 Å². The van der Waals surface area contributed by atoms with Gasteiger partial charge in [0.05, 0.1) is 19.3 Å². The molecule has 140 valence electrons. The van der Waals surface area contributed by atoms with Crippen LogP contribution in [-0.4, -0.2) is 35.8 Å². The van der Waals surface area contributed by atoms with Crippen LogP contribution in [0, 0.1) is 0 Å². The molecule has 0 aliphatic rings. The molecular formula is C18H19F3N2O3. The first-order valence-electron chi connectivity index (χ1n) is 7.80. The molecule has 1 heterocycles. The Kier molecular flexibility index (Phi) is 6.57. The van der Waals surface area contributed by atoms with Gasteiger partial charge in [0, 0.05) is 18.2 Å². The Balaban J connectivity index is 1.96. The number of rotatable bonds is 7. The molecule has 1 aromatic carbocycles. The fourth-order valence-corrected chi connectivity index (χ4v) is 2.22. The molecule has 0 radical (unpaired) electrons. The lowest BCUT2D eigenvalue weighted by molar-refractivity contribution is -0.276. The summed E-state index contributed by atoms with van der Waals surface area (Å²) < 4.78 is 45.5. The smallest absolute Gasteiger partial charge is 0.497 e. The quantitative estimate of drug-likeness (QED) is 0.757. The molecule has 5 nitrogen and oxygen atoms in total. The van der Waals surface area contributed by atoms with E-state index in [1.54, 1.807) is 7.11 Å². The Labute approximate surface area is 149 Å². The number of halogens is 3. The number of alkyl halides is 3. The lowest BCUT2D eigenvalue weighted by atomic mass is 10.1. The average molecular weight is 368 g/mol. The third-order valence-electron chi connectivity index (χ3n) is 3.46. The predicted molar refractivity (Wildman–Crippen MR) is 90.6 cm³/mol. The summed E-state index contributed by atoms with van der Waals surface area (Å²) in [5, 5.41) is 10.1. The van der Waals surface area contributed by atoms with Gasteiger partial charge in [-0.15, -0.1) is 13.2 Å². The summed E-state index contributed by atoms with van der Waals surface area (Å²) >= 11 is 0. The van der Waals surface area contributed by atoms with Crippen molar-refractivity contribution in [2.24, 2.45) is 4.99 Å². The Hall–Kier alpha value is -2.61. The second-order valence-corrected chi connectivity index (χ2v) is 5.57. The van der Waals surface area contributed by atoms with Crippen LogP contribution in [0.15, 0.2) is 47.5 Å². The van der Waals surface area contributed by atoms with Gasteiger partial charge in [0.1, 0.15) is 11.9 Å². The zero-order valence-corrected chi connectivity index (χ0v) is 14.3. The molecule has 0 saturated carbocycles. The monoisotopic (exact) mass is 368 g/mol. The van der Waals surface area contributed by atoms with E-state index in [4.69, 9.17) is 4.74 Å². The summed E-state index contributed by atoms with van der Waals surface area (Å²) in [7, 11) is 1.59. The topological polar surface area (TPSA) is 63.9 Å². The molecule has 0 fully saturated rings. The number of aromatic nitrogens is 1. The van der Waals surface area contributed by atoms with Gasteiger partial charge in [0.25, 0.3) is 0 Å². The van der Waals surface area contributed by atoms with Gasteiger partial charge in [-0.25, -0.2) is 4.98 Å². The molecule has 8 heteroatoms. The lowest BCUT2D eigenvalue weighted by Gasteiger charge is -2.12. The van der Waals surface area contributed by atoms with E-state index in [2.05, 4.69) is 14.7 Å². The second-order valence-electron chi connectivity index (χ2n) is 5.57. The summed E-state index contributed by atoms with van der Waals surface area (Å²) in [6, 6.07) is 11.3. The van der Waals surface area contributed by atoms with Crippen LogP contribution in [0.1, 0.15) is 24.3 Å². The third kappa shape index (κ3) is 6.36. The van der Waals surface area contributed by atoms with Crippen LogP contribution >= 0.6 is 0 Å². The Bertz CT molecular complexity index is 746. The highest BCUT2D eigenvalue weighted by Crippen LogP contribution is 2.22. The van der Waals surface area contributed by atoms with Crippen molar-refractivity contribution in [2.45, 2.75) is 25.8 Å². The van der Waals surface area contributed by atoms with E-state index in [9.17, 15) is 18.3 Å². The van der Waals surface area contributed by atoms with Gasteiger partial charge in [-0.3, -0.25) is 4.99 Å². The van der Waals surface area contributed by atoms with Crippen molar-refractivity contribution in [3.8, 4) is 11.6 Å². The zero-order chi connectivity index (χ0) is 19.2. The van der Waals surface area contributed by atoms with Crippen LogP contribution in [0.5, 0.6) is 11.6 Å². The van der Waals surface area contributed by atoms with Gasteiger partial charge >= 0.3 is 6.36 Å². The molecule has 0 aliphatic carbocycles. The molecule has 2 rings (SSSR count). The van der Waals surface area contributed by atoms with E-state index in [-0.39, 0.29) is 12.2 Å². The summed E-state index contributed by atoms with van der Waals surface area (Å²) in [6.07, 6.45) is -5.37. The van der Waals surface area contributed by atoms with Crippen LogP contribution < -0.4 is 9.47 Å². The molecule has 1 atom stereocenters. The standard InChI is InChI=1S/C18H19F3N2O3/c1-12(10-13-6-8-14(25-2)9-7-13)22-11-16(24)15-4-3-5-17(23-15)26-18(19,20)21/h3-9,16,24H,10-11H2,1-2H3/b22-12+/t16-/m0/s1. The molecule has 0 saturated heterocycles. The minimum absolute atomic E-state index is 0.00947. The lowest BCUT2D eigenvalue weighted by Crippen LogP contribution is -2.18. The molecule has 0 aliphatic heterocycles. The first-order valence-corrected chi connectivity index (χ1v) is 7.80. The molecule has 1 aromatic heterocycles. The molecule has 1 N–H and O–H groups in total. The maximum absolute atomic E-state index is 12.2. The van der Waals surface area contributed by atoms with Gasteiger partial charge in [-0.1, -0.05) is 18.2 Å². The minimum atomic E-state index is -4.83. The summed E-state index contributed by atoms with van der Waals surface area (Å²) in [5.41, 5.74) is 1.87. The maximum atomic E-state index is 12.2. The number of aliphatic hydroxyl groups excluding tert-OH is 1. The van der Waals surface area contributed by atoms with Gasteiger partial charge in [0.2, 0.25) is 5.88 Å². The molecule has 0 amide bonds. The predicted octanol–water partition coefficient (Wildman–Crippen LogP) is 3.73. The molecule has 0 bridgehead atoms. The highest BCUT2D eigenvalue weighted by atomic mass is 19.4. The number of hydrogen-bond donors (Lipinski definition) is 1. The molecule has 26 heavy (non-hydrogen) atoms. The fraction of sp³-hybridized carbons (Fsp3) is 0.333. The molecule has 0 spiro atoms. The van der Waals surface area contributed by atoms with Crippen molar-refractivity contribution in [2.75, 3.05) is 13.7 Å². The Morgan fingerprint density at radius 3 is 2.50 bits per heavy atom. The normalized spacial score (nSPS) is 13.4. The van der Waals surface area contributed by atoms with Crippen molar-refractivity contribution in [3.05, 3.63) is 53.7 Å². The number of pyridine rings is 1. The fourth-order valence-electron chi connectivity index (χ4n) is 2.22. The van der Waals surface area contributed by atoms with Gasteiger partial charge < -0.3 is 14.6 Å². The number of nitrogens with zero attached hydrogens (tertiary/aromatic N) is 2. The number of hydrogen-bond acceptors (Lipinski definition) is 5. The van der Waals surface area contributed by atoms with E-state index in [1.807, 2.05) is 31.2 Å². The van der Waals surface area contributed by atoms with Gasteiger partial charge in [0.15, 0.2) is 0 Å². The van der Waals surface area contributed by atoms with Crippen LogP contribution in [-0.2, 0) is 6.42 Å². The number of benzene rings is 1. The number of aliphatic imine (C=N–C) groups is 1. The first kappa shape index (κ1) is 19.7. The number of ether oxygens (including phenoxy) is 2. The van der Waals surface area contributed by atoms with Crippen molar-refractivity contribution in [3.63, 3.8) is 0 Å². The third-order valence-corrected chi connectivity index (χ3v) is 3.46. The Morgan fingerprint density at radius 1 is 1.19 bits per heavy atom. The number of methoxy groups -OCH3 is 1. The van der Waals surface area contributed by atoms with Crippen LogP contribution in [0.25, 0.3) is 0 Å². The summed E-state index contributed by atoms with van der Waals surface area (Å²) in [4.78, 5) is 7.94. The van der Waals surface area contributed by atoms with Crippen molar-refractivity contribution in [1.29, 1.82) is 0 Å². The minimum Gasteiger partial charge on any atom is -0.497 e. The Morgan fingerprint density at radius 2 is 1.88 bits per heavy atom. The van der Waals surface area contributed by atoms with Crippen molar-refractivity contribution >= 4 is 5.71 Å². The van der Waals surface area contributed by atoms with E-state index >= 15 is 0 Å². The summed E-state index contributed by atoms with van der Waals surface area (Å²) in [6.45, 7) is 1.80. The van der Waals surface area contributed by atoms with E-state index in [1.165, 1.54) is 12.1 Å². The highest BCUT2D eigenvalue weighted by molar-refractivity contribution is 5.84. The molecule has 2 aromatic rings. The average Bonchev–Trinajstić information content (AvgIpc) is 2.59. The van der Waals surface area contributed by atoms with Gasteiger partial charge in [-0.2, -0.15) is 0 Å². The molecule has 0 unspecified atom stereocenters. The number of aliphatic hydroxyl groups is 1. The summed E-state index contributed by atoms with van der Waals surface area (Å²) in [5.74, 6) is 0.138. The SMILES string of the molecule is COc1ccc(C/C(C)=N/C[C@H](O)c2cccc(OC(F)(F)F)n2)cc1. The molecular weight excluding hydrogens is 349 g/mol. The van der Waals surface area contributed by atoms with E-state index < -0.39 is 18.3 Å². The first-order chi connectivity index (χ1) is 12.3. The van der Waals surface area contributed by atoms with Gasteiger partial charge in [-0.05, 0) is 30.7 Å². The highest BCUT2D eigenvalue weighted by Gasteiger charge is 2.32. The second kappa shape index (κ2) is 8.66. The van der Waals surface area contributed by atoms with Crippen LogP contribution in [0.4, 0.5) is 13.2 Å². The van der Waals surface area contributed by atoms with Crippen molar-refractivity contribution in [1.82, 2.24) is 4.98 Å². The van der Waals surface area contributed by atoms with E-state index in [0.29, 0.717) is 6.42 Å². The van der Waals surface area contributed by atoms with Crippen molar-refractivity contribution < 1.29 is 27.8 Å². The zero-order valence-electron chi connectivity index (χ0n) is 14.3. The largest absolute Gasteiger partial charge is 0.574 e. The van der Waals surface area contributed by atoms with Crippen LogP contribution in [0.3, 0.4) is 0 Å².